The van der Waals surface area contributed by atoms with E-state index in [4.69, 9.17) is 53.2 Å². The lowest BCUT2D eigenvalue weighted by atomic mass is 10.00. The van der Waals surface area contributed by atoms with Gasteiger partial charge in [0.2, 0.25) is 5.95 Å². The maximum absolute atomic E-state index is 13.7. The van der Waals surface area contributed by atoms with Gasteiger partial charge in [0.1, 0.15) is 23.8 Å². The molecule has 0 aromatic carbocycles. The van der Waals surface area contributed by atoms with Crippen molar-refractivity contribution in [3.05, 3.63) is 6.33 Å². The number of thioether (sulfide) groups is 1. The third kappa shape index (κ3) is 8.24. The highest BCUT2D eigenvalue weighted by Crippen LogP contribution is 2.50. The highest BCUT2D eigenvalue weighted by molar-refractivity contribution is 8.13. The standard InChI is InChI=1S/C23H36Cl2N7O8PS/c1-11(2)39-18(34)12(3)31-41(36,37-7-8-42-20(35)22(4,5)6)38-9-13-15(33)23(24,25)19(40-13)32-10-28-14-16(26)29-21(27)30-17(14)32/h10-13,15,19,33H,7-9H2,1-6H3,(H,31,36)(H4,26,27,29,30)/t12-,13+,15+,19+,41-/m0/s1. The summed E-state index contributed by atoms with van der Waals surface area (Å²) >= 11 is 14.0. The molecule has 0 aliphatic carbocycles. The quantitative estimate of drug-likeness (QED) is 0.110. The number of esters is 1. The number of nitrogens with zero attached hydrogens (tertiary/aromatic N) is 4. The minimum atomic E-state index is -4.25. The monoisotopic (exact) mass is 671 g/mol. The molecular weight excluding hydrogens is 636 g/mol. The van der Waals surface area contributed by atoms with Crippen LogP contribution in [0.1, 0.15) is 47.8 Å². The second kappa shape index (κ2) is 13.5. The zero-order chi connectivity index (χ0) is 31.6. The third-order valence-electron chi connectivity index (χ3n) is 5.75. The van der Waals surface area contributed by atoms with Gasteiger partial charge in [-0.05, 0) is 20.8 Å². The van der Waals surface area contributed by atoms with Gasteiger partial charge < -0.3 is 26.0 Å². The Kier molecular flexibility index (Phi) is 11.2. The van der Waals surface area contributed by atoms with E-state index in [2.05, 4.69) is 20.0 Å². The first-order valence-electron chi connectivity index (χ1n) is 12.9. The maximum atomic E-state index is 13.7. The maximum Gasteiger partial charge on any atom is 0.406 e. The number of nitrogens with one attached hydrogen (secondary N) is 1. The molecule has 1 aliphatic rings. The normalized spacial score (nSPS) is 22.8. The smallest absolute Gasteiger partial charge is 0.406 e. The fourth-order valence-corrected chi connectivity index (χ4v) is 6.63. The number of anilines is 2. The van der Waals surface area contributed by atoms with Gasteiger partial charge in [-0.15, -0.1) is 0 Å². The van der Waals surface area contributed by atoms with Crippen LogP contribution >= 0.6 is 42.7 Å². The molecule has 1 fully saturated rings. The van der Waals surface area contributed by atoms with E-state index in [1.54, 1.807) is 34.6 Å². The van der Waals surface area contributed by atoms with Crippen molar-refractivity contribution in [2.75, 3.05) is 30.4 Å². The Morgan fingerprint density at radius 3 is 2.55 bits per heavy atom. The average molecular weight is 673 g/mol. The lowest BCUT2D eigenvalue weighted by Gasteiger charge is -2.25. The summed E-state index contributed by atoms with van der Waals surface area (Å²) in [5.41, 5.74) is 11.4. The number of imidazole rings is 1. The summed E-state index contributed by atoms with van der Waals surface area (Å²) in [7, 11) is -4.25. The number of hydrogen-bond acceptors (Lipinski definition) is 14. The van der Waals surface area contributed by atoms with Crippen LogP contribution in [0.2, 0.25) is 0 Å². The summed E-state index contributed by atoms with van der Waals surface area (Å²) in [6, 6.07) is -1.10. The molecule has 0 amide bonds. The fraction of sp³-hybridized carbons (Fsp3) is 0.696. The van der Waals surface area contributed by atoms with Gasteiger partial charge in [0.25, 0.3) is 0 Å². The number of alkyl halides is 2. The zero-order valence-corrected chi connectivity index (χ0v) is 27.2. The van der Waals surface area contributed by atoms with E-state index in [0.29, 0.717) is 0 Å². The van der Waals surface area contributed by atoms with Gasteiger partial charge in [0.15, 0.2) is 27.1 Å². The Morgan fingerprint density at radius 2 is 1.93 bits per heavy atom. The van der Waals surface area contributed by atoms with Gasteiger partial charge in [-0.25, -0.2) is 14.6 Å². The van der Waals surface area contributed by atoms with Crippen LogP contribution in [0.15, 0.2) is 6.33 Å². The molecule has 2 aromatic rings. The number of ether oxygens (including phenoxy) is 2. The van der Waals surface area contributed by atoms with E-state index >= 15 is 0 Å². The number of hydrogen-bond donors (Lipinski definition) is 4. The molecule has 0 spiro atoms. The van der Waals surface area contributed by atoms with Crippen LogP contribution in [0, 0.1) is 5.41 Å². The number of fused-ring (bicyclic) bond motifs is 1. The van der Waals surface area contributed by atoms with Gasteiger partial charge in [-0.3, -0.25) is 23.2 Å². The van der Waals surface area contributed by atoms with Crippen LogP contribution in [-0.2, 0) is 32.7 Å². The summed E-state index contributed by atoms with van der Waals surface area (Å²) < 4.78 is 35.3. The lowest BCUT2D eigenvalue weighted by molar-refractivity contribution is -0.149. The van der Waals surface area contributed by atoms with Crippen molar-refractivity contribution in [1.29, 1.82) is 0 Å². The molecule has 42 heavy (non-hydrogen) atoms. The van der Waals surface area contributed by atoms with E-state index in [1.165, 1.54) is 17.8 Å². The number of halogens is 2. The Morgan fingerprint density at radius 1 is 1.26 bits per heavy atom. The molecule has 1 saturated heterocycles. The van der Waals surface area contributed by atoms with Crippen molar-refractivity contribution >= 4 is 76.7 Å². The largest absolute Gasteiger partial charge is 0.462 e. The Hall–Kier alpha value is -1.75. The molecule has 0 bridgehead atoms. The molecule has 0 unspecified atom stereocenters. The number of carbonyl (C=O) groups is 2. The van der Waals surface area contributed by atoms with Crippen molar-refractivity contribution in [3.63, 3.8) is 0 Å². The van der Waals surface area contributed by atoms with Gasteiger partial charge in [0, 0.05) is 11.2 Å². The van der Waals surface area contributed by atoms with Gasteiger partial charge in [-0.1, -0.05) is 55.7 Å². The third-order valence-corrected chi connectivity index (χ3v) is 9.53. The number of aliphatic hydroxyl groups excluding tert-OH is 1. The van der Waals surface area contributed by atoms with E-state index in [0.717, 1.165) is 11.8 Å². The number of nitrogen functional groups attached to an aromatic ring is 2. The second-order valence-corrected chi connectivity index (χ2v) is 15.1. The molecule has 0 radical (unpaired) electrons. The van der Waals surface area contributed by atoms with Crippen molar-refractivity contribution in [1.82, 2.24) is 24.6 Å². The number of carbonyl (C=O) groups excluding carboxylic acids is 2. The molecule has 3 heterocycles. The molecule has 236 valence electrons. The van der Waals surface area contributed by atoms with E-state index in [-0.39, 0.29) is 40.4 Å². The zero-order valence-electron chi connectivity index (χ0n) is 23.9. The summed E-state index contributed by atoms with van der Waals surface area (Å²) in [6.45, 7) is 9.38. The predicted octanol–water partition coefficient (Wildman–Crippen LogP) is 2.80. The number of nitrogens with two attached hydrogens (primary N) is 2. The summed E-state index contributed by atoms with van der Waals surface area (Å²) in [4.78, 5) is 36.7. The van der Waals surface area contributed by atoms with Crippen LogP contribution in [0.3, 0.4) is 0 Å². The van der Waals surface area contributed by atoms with Crippen molar-refractivity contribution in [3.8, 4) is 0 Å². The Bertz CT molecular complexity index is 1340. The molecule has 0 saturated carbocycles. The molecular formula is C23H36Cl2N7O8PS. The first kappa shape index (κ1) is 34.7. The van der Waals surface area contributed by atoms with Gasteiger partial charge in [-0.2, -0.15) is 9.97 Å². The topological polar surface area (TPSA) is 216 Å². The molecule has 3 rings (SSSR count). The Labute approximate surface area is 257 Å². The SMILES string of the molecule is CC(C)OC(=O)[C@H](C)N[P@](=O)(OCCSC(=O)C(C)(C)C)OC[C@H]1O[C@@H](n2cnc3c(N)nc(N)nc32)C(Cl)(Cl)[C@@H]1O. The van der Waals surface area contributed by atoms with Crippen LogP contribution in [0.25, 0.3) is 11.2 Å². The molecule has 5 atom stereocenters. The van der Waals surface area contributed by atoms with Crippen molar-refractivity contribution in [2.24, 2.45) is 5.41 Å². The van der Waals surface area contributed by atoms with E-state index in [1.807, 2.05) is 0 Å². The minimum Gasteiger partial charge on any atom is -0.462 e. The minimum absolute atomic E-state index is 0.0149. The number of aromatic nitrogens is 4. The average Bonchev–Trinajstić information content (AvgIpc) is 3.37. The first-order valence-corrected chi connectivity index (χ1v) is 16.2. The van der Waals surface area contributed by atoms with Crippen LogP contribution < -0.4 is 16.6 Å². The van der Waals surface area contributed by atoms with Crippen LogP contribution in [0.4, 0.5) is 11.8 Å². The molecule has 19 heteroatoms. The fourth-order valence-electron chi connectivity index (χ4n) is 3.65. The molecule has 2 aromatic heterocycles. The van der Waals surface area contributed by atoms with E-state index in [9.17, 15) is 19.3 Å². The highest BCUT2D eigenvalue weighted by atomic mass is 35.5. The summed E-state index contributed by atoms with van der Waals surface area (Å²) in [5.74, 6) is -0.651. The van der Waals surface area contributed by atoms with Crippen molar-refractivity contribution in [2.45, 2.75) is 76.5 Å². The molecule has 1 aliphatic heterocycles. The molecule has 6 N–H and O–H groups in total. The number of rotatable bonds is 12. The molecule has 15 nitrogen and oxygen atoms in total. The summed E-state index contributed by atoms with van der Waals surface area (Å²) in [6.07, 6.45) is -3.17. The lowest BCUT2D eigenvalue weighted by Crippen LogP contribution is -2.39. The van der Waals surface area contributed by atoms with Gasteiger partial charge in [0.05, 0.1) is 25.6 Å². The first-order chi connectivity index (χ1) is 19.4. The van der Waals surface area contributed by atoms with Gasteiger partial charge >= 0.3 is 13.7 Å². The Balaban J connectivity index is 1.76. The van der Waals surface area contributed by atoms with Crippen molar-refractivity contribution < 1.29 is 37.8 Å². The van der Waals surface area contributed by atoms with E-state index < -0.39 is 60.7 Å². The van der Waals surface area contributed by atoms with Crippen LogP contribution in [0.5, 0.6) is 0 Å². The predicted molar refractivity (Wildman–Crippen MR) is 159 cm³/mol. The second-order valence-electron chi connectivity index (χ2n) is 10.8. The summed E-state index contributed by atoms with van der Waals surface area (Å²) in [5, 5.41) is 13.4. The number of aliphatic hydroxyl groups is 1. The highest BCUT2D eigenvalue weighted by Gasteiger charge is 2.56. The van der Waals surface area contributed by atoms with Crippen LogP contribution in [-0.4, -0.2) is 83.4 Å².